The van der Waals surface area contributed by atoms with Crippen molar-refractivity contribution in [3.05, 3.63) is 47.8 Å². The van der Waals surface area contributed by atoms with Crippen molar-refractivity contribution in [2.45, 2.75) is 24.8 Å². The zero-order chi connectivity index (χ0) is 13.9. The van der Waals surface area contributed by atoms with E-state index in [4.69, 9.17) is 5.11 Å². The summed E-state index contributed by atoms with van der Waals surface area (Å²) in [6.45, 7) is 1.82. The summed E-state index contributed by atoms with van der Waals surface area (Å²) >= 11 is 0. The van der Waals surface area contributed by atoms with Gasteiger partial charge in [-0.2, -0.15) is 0 Å². The van der Waals surface area contributed by atoms with Crippen LogP contribution < -0.4 is 4.72 Å². The van der Waals surface area contributed by atoms with Crippen molar-refractivity contribution in [2.24, 2.45) is 0 Å². The Kier molecular flexibility index (Phi) is 3.92. The van der Waals surface area contributed by atoms with Gasteiger partial charge in [0.15, 0.2) is 0 Å². The van der Waals surface area contributed by atoms with Crippen LogP contribution in [0.3, 0.4) is 0 Å². The Labute approximate surface area is 112 Å². The molecule has 0 aliphatic rings. The van der Waals surface area contributed by atoms with E-state index in [0.717, 1.165) is 12.0 Å². The molecule has 19 heavy (non-hydrogen) atoms. The lowest BCUT2D eigenvalue weighted by Gasteiger charge is -2.06. The minimum atomic E-state index is -3.61. The minimum Gasteiger partial charge on any atom is -0.390 e. The van der Waals surface area contributed by atoms with Crippen molar-refractivity contribution in [2.75, 3.05) is 4.72 Å². The highest BCUT2D eigenvalue weighted by atomic mass is 32.2. The summed E-state index contributed by atoms with van der Waals surface area (Å²) in [6.07, 6.45) is 2.26. The highest BCUT2D eigenvalue weighted by molar-refractivity contribution is 7.92. The van der Waals surface area contributed by atoms with Gasteiger partial charge in [0.2, 0.25) is 0 Å². The quantitative estimate of drug-likeness (QED) is 0.782. The Morgan fingerprint density at radius 2 is 1.95 bits per heavy atom. The van der Waals surface area contributed by atoms with Crippen LogP contribution in [0.2, 0.25) is 0 Å². The summed E-state index contributed by atoms with van der Waals surface area (Å²) in [4.78, 5) is 2.80. The fourth-order valence-electron chi connectivity index (χ4n) is 1.69. The molecule has 0 aliphatic carbocycles. The van der Waals surface area contributed by atoms with Gasteiger partial charge in [0.1, 0.15) is 4.90 Å². The molecule has 0 spiro atoms. The molecule has 6 heteroatoms. The van der Waals surface area contributed by atoms with Gasteiger partial charge in [-0.15, -0.1) is 0 Å². The lowest BCUT2D eigenvalue weighted by Crippen LogP contribution is -2.12. The molecule has 102 valence electrons. The zero-order valence-electron chi connectivity index (χ0n) is 10.6. The molecule has 1 aromatic carbocycles. The number of aromatic nitrogens is 1. The lowest BCUT2D eigenvalue weighted by molar-refractivity contribution is 0.277. The Hall–Kier alpha value is -1.79. The van der Waals surface area contributed by atoms with Crippen LogP contribution in [0, 0.1) is 0 Å². The van der Waals surface area contributed by atoms with E-state index in [1.807, 2.05) is 19.1 Å². The van der Waals surface area contributed by atoms with Crippen molar-refractivity contribution in [1.29, 1.82) is 0 Å². The molecule has 0 amide bonds. The van der Waals surface area contributed by atoms with E-state index in [-0.39, 0.29) is 11.5 Å². The Bertz CT molecular complexity index is 645. The van der Waals surface area contributed by atoms with Crippen LogP contribution in [-0.4, -0.2) is 18.5 Å². The van der Waals surface area contributed by atoms with Crippen molar-refractivity contribution < 1.29 is 13.5 Å². The summed E-state index contributed by atoms with van der Waals surface area (Å²) in [5, 5.41) is 8.92. The molecule has 0 saturated heterocycles. The number of rotatable bonds is 5. The molecule has 0 radical (unpaired) electrons. The number of hydrogen-bond donors (Lipinski definition) is 3. The number of benzene rings is 1. The number of sulfonamides is 1. The fourth-order valence-corrected chi connectivity index (χ4v) is 2.76. The predicted octanol–water partition coefficient (Wildman–Crippen LogP) is 1.87. The lowest BCUT2D eigenvalue weighted by atomic mass is 10.2. The third-order valence-electron chi connectivity index (χ3n) is 2.81. The van der Waals surface area contributed by atoms with Crippen molar-refractivity contribution in [1.82, 2.24) is 4.98 Å². The SMILES string of the molecule is CCc1ccc(NS(=O)(=O)c2c[nH]c(CO)c2)cc1. The molecule has 0 atom stereocenters. The molecule has 0 fully saturated rings. The highest BCUT2D eigenvalue weighted by Crippen LogP contribution is 2.17. The van der Waals surface area contributed by atoms with Gasteiger partial charge in [-0.3, -0.25) is 4.72 Å². The average Bonchev–Trinajstić information content (AvgIpc) is 2.89. The van der Waals surface area contributed by atoms with Crippen LogP contribution in [0.4, 0.5) is 5.69 Å². The molecule has 0 unspecified atom stereocenters. The monoisotopic (exact) mass is 280 g/mol. The second-order valence-electron chi connectivity index (χ2n) is 4.17. The number of aromatic amines is 1. The molecule has 0 bridgehead atoms. The largest absolute Gasteiger partial charge is 0.390 e. The normalized spacial score (nSPS) is 11.5. The third-order valence-corrected chi connectivity index (χ3v) is 4.17. The zero-order valence-corrected chi connectivity index (χ0v) is 11.4. The third kappa shape index (κ3) is 3.15. The highest BCUT2D eigenvalue weighted by Gasteiger charge is 2.15. The number of nitrogens with one attached hydrogen (secondary N) is 2. The predicted molar refractivity (Wildman–Crippen MR) is 73.3 cm³/mol. The van der Waals surface area contributed by atoms with Gasteiger partial charge in [-0.1, -0.05) is 19.1 Å². The van der Waals surface area contributed by atoms with Crippen LogP contribution in [0.25, 0.3) is 0 Å². The van der Waals surface area contributed by atoms with Gasteiger partial charge < -0.3 is 10.1 Å². The molecule has 5 nitrogen and oxygen atoms in total. The van der Waals surface area contributed by atoms with Crippen LogP contribution >= 0.6 is 0 Å². The summed E-state index contributed by atoms with van der Waals surface area (Å²) < 4.78 is 26.6. The summed E-state index contributed by atoms with van der Waals surface area (Å²) in [7, 11) is -3.61. The molecular weight excluding hydrogens is 264 g/mol. The molecule has 0 saturated carbocycles. The topological polar surface area (TPSA) is 82.2 Å². The maximum Gasteiger partial charge on any atom is 0.263 e. The van der Waals surface area contributed by atoms with Gasteiger partial charge >= 0.3 is 0 Å². The van der Waals surface area contributed by atoms with E-state index < -0.39 is 10.0 Å². The fraction of sp³-hybridized carbons (Fsp3) is 0.231. The van der Waals surface area contributed by atoms with Gasteiger partial charge in [0.25, 0.3) is 10.0 Å². The summed E-state index contributed by atoms with van der Waals surface area (Å²) in [6, 6.07) is 8.64. The Morgan fingerprint density at radius 1 is 1.26 bits per heavy atom. The molecule has 3 N–H and O–H groups in total. The van der Waals surface area contributed by atoms with Crippen LogP contribution in [0.5, 0.6) is 0 Å². The number of aliphatic hydroxyl groups is 1. The first-order valence-electron chi connectivity index (χ1n) is 5.95. The maximum absolute atomic E-state index is 12.1. The van der Waals surface area contributed by atoms with E-state index >= 15 is 0 Å². The number of H-pyrrole nitrogens is 1. The first kappa shape index (κ1) is 13.6. The minimum absolute atomic E-state index is 0.108. The van der Waals surface area contributed by atoms with Gasteiger partial charge in [-0.25, -0.2) is 8.42 Å². The Balaban J connectivity index is 2.20. The molecule has 1 heterocycles. The van der Waals surface area contributed by atoms with Crippen LogP contribution in [0.15, 0.2) is 41.4 Å². The van der Waals surface area contributed by atoms with Gasteiger partial charge in [-0.05, 0) is 30.2 Å². The number of aryl methyl sites for hydroxylation is 1. The van der Waals surface area contributed by atoms with E-state index in [0.29, 0.717) is 11.4 Å². The molecule has 0 aliphatic heterocycles. The van der Waals surface area contributed by atoms with Gasteiger partial charge in [0.05, 0.1) is 6.61 Å². The number of hydrogen-bond acceptors (Lipinski definition) is 3. The maximum atomic E-state index is 12.1. The molecule has 1 aromatic heterocycles. The number of anilines is 1. The molecular formula is C13H16N2O3S. The Morgan fingerprint density at radius 3 is 2.47 bits per heavy atom. The van der Waals surface area contributed by atoms with Crippen LogP contribution in [-0.2, 0) is 23.1 Å². The van der Waals surface area contributed by atoms with Crippen LogP contribution in [0.1, 0.15) is 18.2 Å². The van der Waals surface area contributed by atoms with E-state index in [1.54, 1.807) is 12.1 Å². The first-order valence-corrected chi connectivity index (χ1v) is 7.43. The first-order chi connectivity index (χ1) is 9.05. The second-order valence-corrected chi connectivity index (χ2v) is 5.86. The standard InChI is InChI=1S/C13H16N2O3S/c1-2-10-3-5-11(6-4-10)15-19(17,18)13-7-12(9-16)14-8-13/h3-8,14-16H,2,9H2,1H3. The average molecular weight is 280 g/mol. The number of aliphatic hydroxyl groups excluding tert-OH is 1. The smallest absolute Gasteiger partial charge is 0.263 e. The van der Waals surface area contributed by atoms with Crippen molar-refractivity contribution >= 4 is 15.7 Å². The van der Waals surface area contributed by atoms with E-state index in [9.17, 15) is 8.42 Å². The molecule has 2 rings (SSSR count). The van der Waals surface area contributed by atoms with E-state index in [1.165, 1.54) is 12.3 Å². The second kappa shape index (κ2) is 5.46. The van der Waals surface area contributed by atoms with Crippen molar-refractivity contribution in [3.63, 3.8) is 0 Å². The van der Waals surface area contributed by atoms with E-state index in [2.05, 4.69) is 9.71 Å². The molecule has 2 aromatic rings. The summed E-state index contributed by atoms with van der Waals surface area (Å²) in [5.41, 5.74) is 2.12. The summed E-state index contributed by atoms with van der Waals surface area (Å²) in [5.74, 6) is 0. The van der Waals surface area contributed by atoms with Gasteiger partial charge in [0, 0.05) is 17.6 Å². The van der Waals surface area contributed by atoms with Crippen molar-refractivity contribution in [3.8, 4) is 0 Å².